The van der Waals surface area contributed by atoms with E-state index in [0.717, 1.165) is 12.2 Å². The summed E-state index contributed by atoms with van der Waals surface area (Å²) < 4.78 is 30.9. The first-order valence-electron chi connectivity index (χ1n) is 11.0. The van der Waals surface area contributed by atoms with E-state index in [2.05, 4.69) is 15.2 Å². The number of nitrogens with zero attached hydrogens (tertiary/aromatic N) is 6. The predicted octanol–water partition coefficient (Wildman–Crippen LogP) is 3.91. The van der Waals surface area contributed by atoms with E-state index in [1.54, 1.807) is 47.4 Å². The molecule has 0 spiro atoms. The van der Waals surface area contributed by atoms with Gasteiger partial charge in [-0.15, -0.1) is 0 Å². The Morgan fingerprint density at radius 3 is 2.35 bits per heavy atom. The van der Waals surface area contributed by atoms with Crippen LogP contribution in [-0.2, 0) is 6.54 Å². The largest absolute Gasteiger partial charge is 0.497 e. The molecule has 0 saturated heterocycles. The van der Waals surface area contributed by atoms with E-state index in [1.807, 2.05) is 38.1 Å². The molecule has 2 aromatic rings. The predicted molar refractivity (Wildman–Crippen MR) is 129 cm³/mol. The van der Waals surface area contributed by atoms with Crippen LogP contribution >= 0.6 is 0 Å². The Bertz CT molecular complexity index is 1020. The van der Waals surface area contributed by atoms with Crippen molar-refractivity contribution in [2.75, 3.05) is 45.7 Å². The molecule has 0 fully saturated rings. The number of methoxy groups -OCH3 is 1. The van der Waals surface area contributed by atoms with E-state index >= 15 is 0 Å². The molecule has 0 radical (unpaired) electrons. The van der Waals surface area contributed by atoms with Gasteiger partial charge in [-0.05, 0) is 57.4 Å². The van der Waals surface area contributed by atoms with E-state index in [0.29, 0.717) is 35.8 Å². The first-order chi connectivity index (χ1) is 16.3. The number of anilines is 1. The van der Waals surface area contributed by atoms with E-state index in [-0.39, 0.29) is 24.7 Å². The number of alkyl halides is 2. The number of urea groups is 1. The maximum absolute atomic E-state index is 13.5. The lowest BCUT2D eigenvalue weighted by atomic mass is 10.1. The van der Waals surface area contributed by atoms with Crippen LogP contribution in [0.5, 0.6) is 5.75 Å². The summed E-state index contributed by atoms with van der Waals surface area (Å²) >= 11 is 0. The molecule has 2 amide bonds. The highest BCUT2D eigenvalue weighted by Crippen LogP contribution is 2.23. The van der Waals surface area contributed by atoms with Crippen molar-refractivity contribution >= 4 is 23.1 Å². The molecule has 1 aromatic heterocycles. The Balaban J connectivity index is 1.80. The maximum atomic E-state index is 13.5. The summed E-state index contributed by atoms with van der Waals surface area (Å²) in [5.41, 5.74) is 2.22. The summed E-state index contributed by atoms with van der Waals surface area (Å²) in [6.07, 6.45) is -1.03. The Morgan fingerprint density at radius 1 is 1.09 bits per heavy atom. The molecule has 0 bridgehead atoms. The van der Waals surface area contributed by atoms with Gasteiger partial charge in [0.05, 0.1) is 25.1 Å². The Labute approximate surface area is 198 Å². The number of benzene rings is 1. The molecule has 0 atom stereocenters. The quantitative estimate of drug-likeness (QED) is 0.526. The number of carbonyl (C=O) groups excluding carboxylic acids is 1. The lowest BCUT2D eigenvalue weighted by Crippen LogP contribution is -2.45. The van der Waals surface area contributed by atoms with Gasteiger partial charge in [0.25, 0.3) is 6.43 Å². The molecule has 34 heavy (non-hydrogen) atoms. The highest BCUT2D eigenvalue weighted by atomic mass is 19.3. The molecule has 0 aliphatic carbocycles. The van der Waals surface area contributed by atoms with Gasteiger partial charge < -0.3 is 14.5 Å². The van der Waals surface area contributed by atoms with Crippen LogP contribution in [0.1, 0.15) is 24.6 Å². The van der Waals surface area contributed by atoms with Crippen molar-refractivity contribution in [1.82, 2.24) is 14.8 Å². The van der Waals surface area contributed by atoms with Crippen LogP contribution in [0.2, 0.25) is 0 Å². The van der Waals surface area contributed by atoms with Crippen LogP contribution in [0.4, 0.5) is 19.3 Å². The molecule has 0 saturated carbocycles. The van der Waals surface area contributed by atoms with Gasteiger partial charge in [-0.25, -0.2) is 13.6 Å². The molecular formula is C24H30F2N6O2. The first kappa shape index (κ1) is 25.2. The Hall–Kier alpha value is -3.40. The number of rotatable bonds is 10. The number of hydrogen-bond acceptors (Lipinski definition) is 6. The molecule has 1 aliphatic heterocycles. The van der Waals surface area contributed by atoms with Crippen LogP contribution in [0.15, 0.2) is 52.8 Å². The summed E-state index contributed by atoms with van der Waals surface area (Å²) in [6.45, 7) is 4.10. The fourth-order valence-corrected chi connectivity index (χ4v) is 3.41. The topological polar surface area (TPSA) is 73.6 Å². The average Bonchev–Trinajstić information content (AvgIpc) is 3.34. The number of pyridine rings is 1. The van der Waals surface area contributed by atoms with Crippen LogP contribution in [0.3, 0.4) is 0 Å². The normalized spacial score (nSPS) is 13.2. The number of amides is 2. The molecule has 0 N–H and O–H groups in total. The molecule has 2 heterocycles. The van der Waals surface area contributed by atoms with Crippen molar-refractivity contribution in [3.63, 3.8) is 0 Å². The molecule has 3 rings (SSSR count). The van der Waals surface area contributed by atoms with Crippen molar-refractivity contribution in [3.8, 4) is 5.75 Å². The van der Waals surface area contributed by atoms with Gasteiger partial charge in [0.1, 0.15) is 11.5 Å². The van der Waals surface area contributed by atoms with Crippen LogP contribution < -0.4 is 9.64 Å². The second-order valence-electron chi connectivity index (χ2n) is 8.10. The Morgan fingerprint density at radius 2 is 1.82 bits per heavy atom. The lowest BCUT2D eigenvalue weighted by Gasteiger charge is -2.31. The van der Waals surface area contributed by atoms with E-state index in [1.165, 1.54) is 0 Å². The second-order valence-corrected chi connectivity index (χ2v) is 8.10. The number of halogens is 2. The lowest BCUT2D eigenvalue weighted by molar-refractivity contribution is 0.200. The summed E-state index contributed by atoms with van der Waals surface area (Å²) in [6, 6.07) is 10.7. The molecule has 1 aromatic carbocycles. The van der Waals surface area contributed by atoms with Gasteiger partial charge in [0.15, 0.2) is 0 Å². The molecule has 1 aliphatic rings. The average molecular weight is 473 g/mol. The molecule has 10 heteroatoms. The highest BCUT2D eigenvalue weighted by Gasteiger charge is 2.24. The summed E-state index contributed by atoms with van der Waals surface area (Å²) in [4.78, 5) is 23.5. The number of ether oxygens (including phenoxy) is 1. The van der Waals surface area contributed by atoms with Crippen LogP contribution in [0.25, 0.3) is 0 Å². The zero-order valence-corrected chi connectivity index (χ0v) is 19.9. The number of likely N-dealkylation sites (N-methyl/N-ethyl adjacent to an activating group) is 2. The zero-order valence-electron chi connectivity index (χ0n) is 19.9. The molecule has 0 unspecified atom stereocenters. The van der Waals surface area contributed by atoms with Gasteiger partial charge in [-0.1, -0.05) is 0 Å². The fourth-order valence-electron chi connectivity index (χ4n) is 3.41. The van der Waals surface area contributed by atoms with Crippen LogP contribution in [0, 0.1) is 0 Å². The van der Waals surface area contributed by atoms with Crippen molar-refractivity contribution < 1.29 is 18.3 Å². The monoisotopic (exact) mass is 472 g/mol. The Kier molecular flexibility index (Phi) is 8.64. The zero-order chi connectivity index (χ0) is 24.7. The van der Waals surface area contributed by atoms with E-state index in [4.69, 9.17) is 4.74 Å². The minimum Gasteiger partial charge on any atom is -0.497 e. The fraction of sp³-hybridized carbons (Fsp3) is 0.417. The number of aromatic nitrogens is 1. The standard InChI is InChI=1S/C24H30F2N6O2/c1-5-31(13-12-30(2)3)24(33)32(19-8-10-20(34-4)11-9-19)16-18-7-6-17(15-27-18)21-14-22(23(25)26)29-28-21/h6-11,15,23H,5,12-14,16H2,1-4H3. The third kappa shape index (κ3) is 6.34. The van der Waals surface area contributed by atoms with Gasteiger partial charge in [-0.2, -0.15) is 10.2 Å². The van der Waals surface area contributed by atoms with Crippen LogP contribution in [-0.4, -0.2) is 79.5 Å². The van der Waals surface area contributed by atoms with Crippen molar-refractivity contribution in [2.24, 2.45) is 10.2 Å². The second kappa shape index (κ2) is 11.6. The van der Waals surface area contributed by atoms with Gasteiger partial charge >= 0.3 is 6.03 Å². The minimum atomic E-state index is -2.62. The smallest absolute Gasteiger partial charge is 0.324 e. The summed E-state index contributed by atoms with van der Waals surface area (Å²) in [5.74, 6) is 0.696. The van der Waals surface area contributed by atoms with E-state index in [9.17, 15) is 13.6 Å². The first-order valence-corrected chi connectivity index (χ1v) is 11.0. The van der Waals surface area contributed by atoms with Crippen molar-refractivity contribution in [2.45, 2.75) is 26.3 Å². The molecular weight excluding hydrogens is 442 g/mol. The molecule has 182 valence electrons. The van der Waals surface area contributed by atoms with E-state index < -0.39 is 6.43 Å². The summed E-state index contributed by atoms with van der Waals surface area (Å²) in [5, 5.41) is 7.41. The third-order valence-electron chi connectivity index (χ3n) is 5.46. The number of carbonyl (C=O) groups is 1. The molecule has 8 nitrogen and oxygen atoms in total. The van der Waals surface area contributed by atoms with Crippen molar-refractivity contribution in [1.29, 1.82) is 0 Å². The van der Waals surface area contributed by atoms with Gasteiger partial charge in [-0.3, -0.25) is 9.88 Å². The van der Waals surface area contributed by atoms with Gasteiger partial charge in [0.2, 0.25) is 0 Å². The minimum absolute atomic E-state index is 0.00644. The van der Waals surface area contributed by atoms with Gasteiger partial charge in [0, 0.05) is 43.5 Å². The SMILES string of the molecule is CCN(CCN(C)C)C(=O)N(Cc1ccc(C2=NN=C(C(F)F)C2)cn1)c1ccc(OC)cc1. The number of hydrogen-bond donors (Lipinski definition) is 0. The van der Waals surface area contributed by atoms with Crippen molar-refractivity contribution in [3.05, 3.63) is 53.9 Å². The maximum Gasteiger partial charge on any atom is 0.324 e. The highest BCUT2D eigenvalue weighted by molar-refractivity contribution is 6.15. The third-order valence-corrected chi connectivity index (χ3v) is 5.46. The summed E-state index contributed by atoms with van der Waals surface area (Å²) in [7, 11) is 5.53.